The first kappa shape index (κ1) is 13.9. The number of aromatic nitrogens is 3. The number of hydrogen-bond donors (Lipinski definition) is 2. The van der Waals surface area contributed by atoms with E-state index < -0.39 is 0 Å². The van der Waals surface area contributed by atoms with Crippen LogP contribution in [0.4, 0.5) is 5.82 Å². The molecule has 20 heavy (non-hydrogen) atoms. The maximum Gasteiger partial charge on any atom is 0.151 e. The molecule has 0 bridgehead atoms. The summed E-state index contributed by atoms with van der Waals surface area (Å²) in [6.07, 6.45) is 4.06. The van der Waals surface area contributed by atoms with Gasteiger partial charge in [0.1, 0.15) is 0 Å². The highest BCUT2D eigenvalue weighted by Crippen LogP contribution is 2.14. The van der Waals surface area contributed by atoms with Crippen LogP contribution in [-0.2, 0) is 6.54 Å². The van der Waals surface area contributed by atoms with Crippen LogP contribution in [0.3, 0.4) is 0 Å². The van der Waals surface area contributed by atoms with E-state index in [1.807, 2.05) is 42.3 Å². The number of nitrogens with two attached hydrogens (primary N) is 1. The van der Waals surface area contributed by atoms with Crippen LogP contribution in [0.25, 0.3) is 0 Å². The van der Waals surface area contributed by atoms with Gasteiger partial charge in [-0.1, -0.05) is 6.07 Å². The van der Waals surface area contributed by atoms with Crippen molar-refractivity contribution in [1.82, 2.24) is 15.2 Å². The van der Waals surface area contributed by atoms with Crippen molar-refractivity contribution in [3.8, 4) is 0 Å². The summed E-state index contributed by atoms with van der Waals surface area (Å²) in [5.41, 5.74) is 7.40. The summed E-state index contributed by atoms with van der Waals surface area (Å²) in [4.78, 5) is 6.16. The Bertz CT molecular complexity index is 552. The van der Waals surface area contributed by atoms with Gasteiger partial charge in [0, 0.05) is 31.9 Å². The first-order valence-corrected chi connectivity index (χ1v) is 6.42. The van der Waals surface area contributed by atoms with Crippen LogP contribution in [0.2, 0.25) is 0 Å². The van der Waals surface area contributed by atoms with Crippen LogP contribution in [0.5, 0.6) is 0 Å². The monoisotopic (exact) mass is 270 g/mol. The van der Waals surface area contributed by atoms with Gasteiger partial charge in [0.05, 0.1) is 11.5 Å². The molecule has 2 aromatic heterocycles. The lowest BCUT2D eigenvalue weighted by Gasteiger charge is -2.23. The zero-order valence-corrected chi connectivity index (χ0v) is 11.5. The van der Waals surface area contributed by atoms with Crippen molar-refractivity contribution in [1.29, 1.82) is 5.41 Å². The summed E-state index contributed by atoms with van der Waals surface area (Å²) in [6, 6.07) is 7.76. The molecule has 0 fully saturated rings. The molecule has 0 atom stereocenters. The van der Waals surface area contributed by atoms with E-state index in [0.717, 1.165) is 17.1 Å². The molecule has 6 nitrogen and oxygen atoms in total. The highest BCUT2D eigenvalue weighted by atomic mass is 15.3. The standard InChI is InChI=1S/C14H18N6/c1-11-4-5-14(19-18-11)20(8-6-13(15)16)10-12-3-2-7-17-9-12/h2-5,7,9H,6,8,10H2,1H3,(H3,15,16). The zero-order valence-electron chi connectivity index (χ0n) is 11.5. The van der Waals surface area contributed by atoms with Crippen LogP contribution in [-0.4, -0.2) is 27.6 Å². The first-order valence-electron chi connectivity index (χ1n) is 6.42. The van der Waals surface area contributed by atoms with E-state index in [1.54, 1.807) is 6.20 Å². The molecular weight excluding hydrogens is 252 g/mol. The number of nitrogens with one attached hydrogen (secondary N) is 1. The maximum absolute atomic E-state index is 7.37. The number of pyridine rings is 1. The highest BCUT2D eigenvalue weighted by molar-refractivity contribution is 5.77. The lowest BCUT2D eigenvalue weighted by molar-refractivity contribution is 0.767. The average molecular weight is 270 g/mol. The number of hydrogen-bond acceptors (Lipinski definition) is 5. The van der Waals surface area contributed by atoms with Gasteiger partial charge in [-0.15, -0.1) is 5.10 Å². The number of aryl methyl sites for hydroxylation is 1. The topological polar surface area (TPSA) is 91.8 Å². The molecule has 0 amide bonds. The van der Waals surface area contributed by atoms with Gasteiger partial charge in [0.15, 0.2) is 5.82 Å². The number of amidine groups is 1. The highest BCUT2D eigenvalue weighted by Gasteiger charge is 2.10. The van der Waals surface area contributed by atoms with Gasteiger partial charge in [-0.3, -0.25) is 10.4 Å². The number of anilines is 1. The van der Waals surface area contributed by atoms with Gasteiger partial charge in [-0.05, 0) is 30.7 Å². The van der Waals surface area contributed by atoms with Gasteiger partial charge in [-0.25, -0.2) is 0 Å². The Balaban J connectivity index is 2.15. The Morgan fingerprint density at radius 3 is 2.75 bits per heavy atom. The molecule has 0 saturated heterocycles. The summed E-state index contributed by atoms with van der Waals surface area (Å²) in [5.74, 6) is 0.946. The van der Waals surface area contributed by atoms with Gasteiger partial charge >= 0.3 is 0 Å². The van der Waals surface area contributed by atoms with E-state index in [2.05, 4.69) is 15.2 Å². The SMILES string of the molecule is Cc1ccc(N(CCC(=N)N)Cc2cccnc2)nn1. The molecule has 2 heterocycles. The van der Waals surface area contributed by atoms with Crippen LogP contribution in [0.15, 0.2) is 36.7 Å². The van der Waals surface area contributed by atoms with Crippen LogP contribution in [0.1, 0.15) is 17.7 Å². The third-order valence-corrected chi connectivity index (χ3v) is 2.86. The summed E-state index contributed by atoms with van der Waals surface area (Å²) in [7, 11) is 0. The quantitative estimate of drug-likeness (QED) is 0.613. The van der Waals surface area contributed by atoms with Crippen molar-refractivity contribution in [3.63, 3.8) is 0 Å². The van der Waals surface area contributed by atoms with Crippen LogP contribution >= 0.6 is 0 Å². The fourth-order valence-electron chi connectivity index (χ4n) is 1.80. The molecule has 0 aromatic carbocycles. The van der Waals surface area contributed by atoms with E-state index in [9.17, 15) is 0 Å². The van der Waals surface area contributed by atoms with Crippen molar-refractivity contribution < 1.29 is 0 Å². The summed E-state index contributed by atoms with van der Waals surface area (Å²) in [5, 5.41) is 15.6. The summed E-state index contributed by atoms with van der Waals surface area (Å²) in [6.45, 7) is 3.19. The summed E-state index contributed by atoms with van der Waals surface area (Å²) < 4.78 is 0. The number of rotatable bonds is 6. The lowest BCUT2D eigenvalue weighted by atomic mass is 10.2. The minimum atomic E-state index is 0.168. The fourth-order valence-corrected chi connectivity index (χ4v) is 1.80. The predicted octanol–water partition coefficient (Wildman–Crippen LogP) is 1.51. The second kappa shape index (κ2) is 6.60. The van der Waals surface area contributed by atoms with Crippen molar-refractivity contribution in [2.75, 3.05) is 11.4 Å². The smallest absolute Gasteiger partial charge is 0.151 e. The predicted molar refractivity (Wildman–Crippen MR) is 78.6 cm³/mol. The van der Waals surface area contributed by atoms with Crippen molar-refractivity contribution in [2.24, 2.45) is 5.73 Å². The molecule has 0 aliphatic rings. The molecule has 104 valence electrons. The molecular formula is C14H18N6. The fraction of sp³-hybridized carbons (Fsp3) is 0.286. The second-order valence-corrected chi connectivity index (χ2v) is 4.59. The normalized spacial score (nSPS) is 10.2. The zero-order chi connectivity index (χ0) is 14.4. The molecule has 0 radical (unpaired) electrons. The van der Waals surface area contributed by atoms with E-state index in [4.69, 9.17) is 11.1 Å². The average Bonchev–Trinajstić information content (AvgIpc) is 2.45. The van der Waals surface area contributed by atoms with Gasteiger partial charge in [-0.2, -0.15) is 5.10 Å². The van der Waals surface area contributed by atoms with Crippen molar-refractivity contribution >= 4 is 11.7 Å². The van der Waals surface area contributed by atoms with Crippen molar-refractivity contribution in [3.05, 3.63) is 47.9 Å². The molecule has 0 unspecified atom stereocenters. The minimum absolute atomic E-state index is 0.168. The lowest BCUT2D eigenvalue weighted by Crippen LogP contribution is -2.28. The van der Waals surface area contributed by atoms with E-state index in [-0.39, 0.29) is 5.84 Å². The Morgan fingerprint density at radius 1 is 1.30 bits per heavy atom. The van der Waals surface area contributed by atoms with Crippen molar-refractivity contribution in [2.45, 2.75) is 19.9 Å². The van der Waals surface area contributed by atoms with E-state index in [0.29, 0.717) is 19.5 Å². The molecule has 2 rings (SSSR count). The Labute approximate surface area is 118 Å². The molecule has 0 aliphatic carbocycles. The Morgan fingerprint density at radius 2 is 2.15 bits per heavy atom. The molecule has 6 heteroatoms. The molecule has 0 aliphatic heterocycles. The maximum atomic E-state index is 7.37. The number of nitrogens with zero attached hydrogens (tertiary/aromatic N) is 4. The molecule has 2 aromatic rings. The third-order valence-electron chi connectivity index (χ3n) is 2.86. The molecule has 0 spiro atoms. The van der Waals surface area contributed by atoms with Gasteiger partial charge in [0.25, 0.3) is 0 Å². The summed E-state index contributed by atoms with van der Waals surface area (Å²) >= 11 is 0. The molecule has 3 N–H and O–H groups in total. The van der Waals surface area contributed by atoms with Gasteiger partial charge in [0.2, 0.25) is 0 Å². The molecule has 0 saturated carbocycles. The Hall–Kier alpha value is -2.50. The van der Waals surface area contributed by atoms with E-state index in [1.165, 1.54) is 0 Å². The van der Waals surface area contributed by atoms with Crippen LogP contribution < -0.4 is 10.6 Å². The third kappa shape index (κ3) is 4.01. The first-order chi connectivity index (χ1) is 9.65. The largest absolute Gasteiger partial charge is 0.388 e. The second-order valence-electron chi connectivity index (χ2n) is 4.59. The van der Waals surface area contributed by atoms with E-state index >= 15 is 0 Å². The Kier molecular flexibility index (Phi) is 4.60. The van der Waals surface area contributed by atoms with Gasteiger partial charge < -0.3 is 10.6 Å². The minimum Gasteiger partial charge on any atom is -0.388 e. The van der Waals surface area contributed by atoms with Crippen LogP contribution in [0, 0.1) is 12.3 Å².